The van der Waals surface area contributed by atoms with Crippen LogP contribution in [-0.4, -0.2) is 57.8 Å². The zero-order chi connectivity index (χ0) is 63.2. The lowest BCUT2D eigenvalue weighted by molar-refractivity contribution is -0.115. The van der Waals surface area contributed by atoms with Crippen molar-refractivity contribution in [2.24, 2.45) is 10.2 Å². The van der Waals surface area contributed by atoms with Crippen LogP contribution in [0.5, 0.6) is 0 Å². The Balaban J connectivity index is 0.825. The normalized spacial score (nSPS) is 18.0. The fourth-order valence-electron chi connectivity index (χ4n) is 13.1. The highest BCUT2D eigenvalue weighted by atomic mass is 32.2. The maximum atomic E-state index is 14.1. The number of hydrogen-bond acceptors (Lipinski definition) is 10. The number of carbonyl (C=O) groups excluding carboxylic acids is 2. The number of hydrazone groups is 2. The Labute approximate surface area is 540 Å². The van der Waals surface area contributed by atoms with E-state index in [1.54, 1.807) is 36.2 Å². The molecule has 0 atom stereocenters. The highest BCUT2D eigenvalue weighted by Crippen LogP contribution is 2.49. The van der Waals surface area contributed by atoms with E-state index in [4.69, 9.17) is 5.10 Å². The number of anilines is 4. The molecule has 4 aromatic carbocycles. The first-order valence-corrected chi connectivity index (χ1v) is 36.4. The van der Waals surface area contributed by atoms with E-state index < -0.39 is 10.0 Å². The minimum Gasteiger partial charge on any atom is -0.344 e. The summed E-state index contributed by atoms with van der Waals surface area (Å²) in [6.45, 7) is 20.4. The third-order valence-corrected chi connectivity index (χ3v) is 20.8. The van der Waals surface area contributed by atoms with Crippen LogP contribution >= 0.6 is 11.9 Å². The molecular formula is C75H104N8O4S2. The van der Waals surface area contributed by atoms with E-state index >= 15 is 0 Å². The standard InChI is InChI=1S/C75H104N8O4S2/c1-9-11-13-15-17-19-21-23-25-27-35-55-77-89(86,87)63-48-44-61(45-49-63)83-73(85)65(59(4)79-83)51-53-71-75(7,8)67-39-31-33-41-69(67)81(71)57-37-29-28-36-56-80-68-40-32-30-38-66(68)74(5,6)70(80)52-50-64-58(3)78-82(72(64)84)60-42-46-62(47-43-60)88-76-54-34-26-24-22-20-18-16-14-12-10-2/h30-33,38-53,76-77H,9-29,34-37,54-57H2,1-8H3/b64-50-,65-51-,70-52+,71-53+. The third-order valence-electron chi connectivity index (χ3n) is 18.4. The first-order valence-electron chi connectivity index (χ1n) is 34.1. The number of allylic oxidation sites excluding steroid dienone is 6. The Hall–Kier alpha value is -6.06. The molecule has 89 heavy (non-hydrogen) atoms. The number of nitrogens with zero attached hydrogens (tertiary/aromatic N) is 6. The van der Waals surface area contributed by atoms with Crippen molar-refractivity contribution < 1.29 is 18.0 Å². The second-order valence-electron chi connectivity index (χ2n) is 26.0. The summed E-state index contributed by atoms with van der Waals surface area (Å²) in [6.07, 6.45) is 38.8. The highest BCUT2D eigenvalue weighted by molar-refractivity contribution is 7.97. The Bertz CT molecular complexity index is 3290. The molecule has 0 radical (unpaired) electrons. The Morgan fingerprint density at radius 2 is 0.831 bits per heavy atom. The number of unbranched alkanes of at least 4 members (excludes halogenated alkanes) is 22. The molecule has 0 aromatic heterocycles. The van der Waals surface area contributed by atoms with Crippen molar-refractivity contribution >= 4 is 68.0 Å². The van der Waals surface area contributed by atoms with E-state index in [-0.39, 0.29) is 27.5 Å². The molecule has 2 amide bonds. The summed E-state index contributed by atoms with van der Waals surface area (Å²) in [5.41, 5.74) is 10.3. The number of rotatable bonds is 38. The predicted molar refractivity (Wildman–Crippen MR) is 376 cm³/mol. The van der Waals surface area contributed by atoms with Gasteiger partial charge in [0.05, 0.1) is 38.8 Å². The van der Waals surface area contributed by atoms with Gasteiger partial charge in [0, 0.05) is 64.7 Å². The van der Waals surface area contributed by atoms with Crippen LogP contribution in [0.15, 0.2) is 164 Å². The van der Waals surface area contributed by atoms with Crippen molar-refractivity contribution in [3.8, 4) is 0 Å². The third kappa shape index (κ3) is 18.1. The molecule has 0 spiro atoms. The lowest BCUT2D eigenvalue weighted by atomic mass is 9.83. The number of carbonyl (C=O) groups is 2. The first kappa shape index (κ1) is 68.8. The molecule has 0 unspecified atom stereocenters. The number of hydrogen-bond donors (Lipinski definition) is 2. The van der Waals surface area contributed by atoms with Crippen LogP contribution in [-0.2, 0) is 30.4 Å². The van der Waals surface area contributed by atoms with Gasteiger partial charge in [-0.25, -0.2) is 13.1 Å². The van der Waals surface area contributed by atoms with Gasteiger partial charge >= 0.3 is 0 Å². The van der Waals surface area contributed by atoms with Gasteiger partial charge in [-0.3, -0.25) is 14.3 Å². The molecule has 4 aliphatic heterocycles. The van der Waals surface area contributed by atoms with Crippen molar-refractivity contribution in [3.05, 3.63) is 155 Å². The minimum atomic E-state index is -3.69. The van der Waals surface area contributed by atoms with Gasteiger partial charge in [-0.05, 0) is 148 Å². The van der Waals surface area contributed by atoms with Crippen LogP contribution in [0.3, 0.4) is 0 Å². The first-order chi connectivity index (χ1) is 43.1. The summed E-state index contributed by atoms with van der Waals surface area (Å²) in [4.78, 5) is 34.3. The van der Waals surface area contributed by atoms with E-state index in [1.165, 1.54) is 154 Å². The zero-order valence-electron chi connectivity index (χ0n) is 55.2. The van der Waals surface area contributed by atoms with Gasteiger partial charge in [0.1, 0.15) is 0 Å². The van der Waals surface area contributed by atoms with Gasteiger partial charge in [-0.1, -0.05) is 213 Å². The molecule has 12 nitrogen and oxygen atoms in total. The minimum absolute atomic E-state index is 0.118. The van der Waals surface area contributed by atoms with Crippen molar-refractivity contribution in [2.75, 3.05) is 46.0 Å². The van der Waals surface area contributed by atoms with Crippen LogP contribution in [0.4, 0.5) is 22.7 Å². The summed E-state index contributed by atoms with van der Waals surface area (Å²) in [6, 6.07) is 31.8. The SMILES string of the molecule is CCCCCCCCCCCCCNS(=O)(=O)c1ccc(N2N=C(C)/C(=C/C=C3/N(CCCCCCN4/C(=C/C=C5\C(=O)N(c6ccc(SNCCCCCCCCCCCC)cc6)N=C5C)C(C)(C)c5ccccc54)c4ccccc4C3(C)C)C2=O)cc1. The Morgan fingerprint density at radius 1 is 0.461 bits per heavy atom. The van der Waals surface area contributed by atoms with Gasteiger partial charge in [0.15, 0.2) is 0 Å². The summed E-state index contributed by atoms with van der Waals surface area (Å²) < 4.78 is 32.7. The molecule has 0 fully saturated rings. The predicted octanol–water partition coefficient (Wildman–Crippen LogP) is 18.7. The van der Waals surface area contributed by atoms with E-state index in [2.05, 4.69) is 139 Å². The maximum absolute atomic E-state index is 14.1. The molecule has 2 N–H and O–H groups in total. The molecule has 0 saturated heterocycles. The van der Waals surface area contributed by atoms with Crippen molar-refractivity contribution in [2.45, 2.75) is 237 Å². The lowest BCUT2D eigenvalue weighted by Gasteiger charge is -2.28. The summed E-state index contributed by atoms with van der Waals surface area (Å²) in [7, 11) is -3.69. The molecule has 4 heterocycles. The van der Waals surface area contributed by atoms with E-state index in [1.807, 2.05) is 38.1 Å². The quantitative estimate of drug-likeness (QED) is 0.0258. The number of nitrogens with one attached hydrogen (secondary N) is 2. The molecule has 8 rings (SSSR count). The van der Waals surface area contributed by atoms with Crippen LogP contribution in [0.1, 0.15) is 227 Å². The molecule has 0 aliphatic carbocycles. The lowest BCUT2D eigenvalue weighted by Crippen LogP contribution is -2.28. The highest BCUT2D eigenvalue weighted by Gasteiger charge is 2.41. The van der Waals surface area contributed by atoms with Crippen LogP contribution < -0.4 is 29.3 Å². The van der Waals surface area contributed by atoms with E-state index in [0.29, 0.717) is 34.8 Å². The molecule has 480 valence electrons. The average molecular weight is 1250 g/mol. The summed E-state index contributed by atoms with van der Waals surface area (Å²) >= 11 is 1.65. The summed E-state index contributed by atoms with van der Waals surface area (Å²) in [5, 5.41) is 12.3. The monoisotopic (exact) mass is 1240 g/mol. The second-order valence-corrected chi connectivity index (χ2v) is 28.7. The molecular weight excluding hydrogens is 1140 g/mol. The zero-order valence-corrected chi connectivity index (χ0v) is 56.8. The Morgan fingerprint density at radius 3 is 1.26 bits per heavy atom. The molecule has 0 bridgehead atoms. The van der Waals surface area contributed by atoms with Crippen LogP contribution in [0, 0.1) is 0 Å². The van der Waals surface area contributed by atoms with Crippen molar-refractivity contribution in [1.29, 1.82) is 0 Å². The van der Waals surface area contributed by atoms with Crippen LogP contribution in [0.2, 0.25) is 0 Å². The van der Waals surface area contributed by atoms with Crippen molar-refractivity contribution in [1.82, 2.24) is 9.44 Å². The van der Waals surface area contributed by atoms with Crippen LogP contribution in [0.25, 0.3) is 0 Å². The summed E-state index contributed by atoms with van der Waals surface area (Å²) in [5.74, 6) is -0.369. The van der Waals surface area contributed by atoms with Gasteiger partial charge in [0.2, 0.25) is 10.0 Å². The average Bonchev–Trinajstić information content (AvgIpc) is 1.70. The largest absolute Gasteiger partial charge is 0.344 e. The Kier molecular flexibility index (Phi) is 26.2. The molecule has 14 heteroatoms. The molecule has 0 saturated carbocycles. The number of amides is 2. The van der Waals surface area contributed by atoms with Gasteiger partial charge in [0.25, 0.3) is 11.8 Å². The number of fused-ring (bicyclic) bond motifs is 2. The molecule has 4 aliphatic rings. The topological polar surface area (TPSA) is 130 Å². The number of para-hydroxylation sites is 2. The van der Waals surface area contributed by atoms with Crippen molar-refractivity contribution in [3.63, 3.8) is 0 Å². The van der Waals surface area contributed by atoms with E-state index in [9.17, 15) is 18.0 Å². The smallest absolute Gasteiger partial charge is 0.280 e. The maximum Gasteiger partial charge on any atom is 0.280 e. The number of sulfonamides is 1. The van der Waals surface area contributed by atoms with Gasteiger partial charge < -0.3 is 9.80 Å². The fourth-order valence-corrected chi connectivity index (χ4v) is 14.8. The van der Waals surface area contributed by atoms with Gasteiger partial charge in [-0.2, -0.15) is 20.2 Å². The fraction of sp³-hybridized carbons (Fsp3) is 0.520. The van der Waals surface area contributed by atoms with E-state index in [0.717, 1.165) is 80.9 Å². The molecule has 4 aromatic rings. The van der Waals surface area contributed by atoms with Gasteiger partial charge in [-0.15, -0.1) is 0 Å². The second kappa shape index (κ2) is 33.8. The number of benzene rings is 4.